The highest BCUT2D eigenvalue weighted by molar-refractivity contribution is 5.56. The fraction of sp³-hybridized carbons (Fsp3) is 0.500. The van der Waals surface area contributed by atoms with Gasteiger partial charge in [-0.3, -0.25) is 4.90 Å². The summed E-state index contributed by atoms with van der Waals surface area (Å²) in [6, 6.07) is 14.7. The number of nitrogens with zero attached hydrogens (tertiary/aromatic N) is 6. The van der Waals surface area contributed by atoms with Gasteiger partial charge in [0.25, 0.3) is 0 Å². The monoisotopic (exact) mass is 448 g/mol. The average molecular weight is 449 g/mol. The van der Waals surface area contributed by atoms with Gasteiger partial charge in [-0.15, -0.1) is 5.10 Å². The number of aryl methyl sites for hydroxylation is 1. The highest BCUT2D eigenvalue weighted by Gasteiger charge is 2.35. The molecule has 2 heterocycles. The topological polar surface area (TPSA) is 59.3 Å². The van der Waals surface area contributed by atoms with Gasteiger partial charge in [-0.1, -0.05) is 37.3 Å². The van der Waals surface area contributed by atoms with Crippen molar-refractivity contribution >= 4 is 5.69 Å². The Morgan fingerprint density at radius 1 is 1.00 bits per heavy atom. The third-order valence-corrected chi connectivity index (χ3v) is 7.21. The molecule has 1 fully saturated rings. The number of tetrazole rings is 1. The van der Waals surface area contributed by atoms with E-state index < -0.39 is 0 Å². The summed E-state index contributed by atoms with van der Waals surface area (Å²) in [7, 11) is 1.73. The zero-order valence-electron chi connectivity index (χ0n) is 20.7. The van der Waals surface area contributed by atoms with Crippen molar-refractivity contribution in [3.63, 3.8) is 0 Å². The molecule has 0 N–H and O–H groups in total. The zero-order chi connectivity index (χ0) is 23.6. The van der Waals surface area contributed by atoms with Gasteiger partial charge in [0.2, 0.25) is 0 Å². The third kappa shape index (κ3) is 4.47. The molecule has 4 rings (SSSR count). The molecule has 0 aliphatic carbocycles. The Balaban J connectivity index is 1.69. The van der Waals surface area contributed by atoms with Crippen molar-refractivity contribution in [1.29, 1.82) is 0 Å². The summed E-state index contributed by atoms with van der Waals surface area (Å²) >= 11 is 0. The van der Waals surface area contributed by atoms with Crippen LogP contribution < -0.4 is 9.64 Å². The summed E-state index contributed by atoms with van der Waals surface area (Å²) in [4.78, 5) is 4.99. The summed E-state index contributed by atoms with van der Waals surface area (Å²) in [5.74, 6) is 1.73. The van der Waals surface area contributed by atoms with Crippen molar-refractivity contribution in [1.82, 2.24) is 25.1 Å². The lowest BCUT2D eigenvalue weighted by molar-refractivity contribution is 0.184. The molecule has 3 aromatic rings. The number of piperazine rings is 1. The van der Waals surface area contributed by atoms with E-state index in [4.69, 9.17) is 4.74 Å². The van der Waals surface area contributed by atoms with Crippen molar-refractivity contribution in [2.45, 2.75) is 52.6 Å². The van der Waals surface area contributed by atoms with Crippen LogP contribution in [0.3, 0.4) is 0 Å². The van der Waals surface area contributed by atoms with E-state index in [0.29, 0.717) is 0 Å². The molecule has 0 amide bonds. The predicted octanol–water partition coefficient (Wildman–Crippen LogP) is 4.36. The number of rotatable bonds is 7. The lowest BCUT2D eigenvalue weighted by Crippen LogP contribution is -2.49. The largest absolute Gasteiger partial charge is 0.496 e. The van der Waals surface area contributed by atoms with Crippen LogP contribution in [-0.2, 0) is 5.54 Å². The molecule has 0 saturated carbocycles. The van der Waals surface area contributed by atoms with E-state index in [1.54, 1.807) is 7.11 Å². The van der Waals surface area contributed by atoms with E-state index in [-0.39, 0.29) is 11.6 Å². The van der Waals surface area contributed by atoms with Crippen LogP contribution in [0.5, 0.6) is 5.75 Å². The number of methoxy groups -OCH3 is 1. The van der Waals surface area contributed by atoms with Crippen LogP contribution in [0.2, 0.25) is 0 Å². The highest BCUT2D eigenvalue weighted by Crippen LogP contribution is 2.36. The van der Waals surface area contributed by atoms with E-state index in [9.17, 15) is 0 Å². The third-order valence-electron chi connectivity index (χ3n) is 7.21. The molecule has 1 aromatic heterocycles. The molecule has 0 spiro atoms. The fourth-order valence-electron chi connectivity index (χ4n) is 4.64. The summed E-state index contributed by atoms with van der Waals surface area (Å²) in [6.07, 6.45) is 0.935. The number of hydrogen-bond donors (Lipinski definition) is 0. The number of anilines is 1. The van der Waals surface area contributed by atoms with E-state index in [1.807, 2.05) is 16.8 Å². The first-order chi connectivity index (χ1) is 15.9. The van der Waals surface area contributed by atoms with Crippen molar-refractivity contribution in [3.8, 4) is 5.75 Å². The Morgan fingerprint density at radius 2 is 1.73 bits per heavy atom. The van der Waals surface area contributed by atoms with Gasteiger partial charge >= 0.3 is 0 Å². The van der Waals surface area contributed by atoms with Crippen LogP contribution in [0.1, 0.15) is 55.7 Å². The molecule has 1 saturated heterocycles. The Hall–Kier alpha value is -2.93. The first-order valence-electron chi connectivity index (χ1n) is 11.8. The smallest absolute Gasteiger partial charge is 0.173 e. The first-order valence-corrected chi connectivity index (χ1v) is 11.8. The normalized spacial score (nSPS) is 16.1. The minimum Gasteiger partial charge on any atom is -0.496 e. The quantitative estimate of drug-likeness (QED) is 0.535. The zero-order valence-corrected chi connectivity index (χ0v) is 20.7. The molecular formula is C26H36N6O. The van der Waals surface area contributed by atoms with Crippen LogP contribution in [0.4, 0.5) is 5.69 Å². The van der Waals surface area contributed by atoms with Crippen LogP contribution in [0, 0.1) is 13.8 Å². The van der Waals surface area contributed by atoms with Gasteiger partial charge < -0.3 is 9.64 Å². The van der Waals surface area contributed by atoms with Gasteiger partial charge in [-0.05, 0) is 67.8 Å². The molecule has 1 aliphatic rings. The molecular weight excluding hydrogens is 412 g/mol. The second-order valence-corrected chi connectivity index (χ2v) is 9.50. The lowest BCUT2D eigenvalue weighted by atomic mass is 9.98. The maximum Gasteiger partial charge on any atom is 0.173 e. The predicted molar refractivity (Wildman–Crippen MR) is 132 cm³/mol. The molecule has 2 aromatic carbocycles. The Kier molecular flexibility index (Phi) is 6.70. The minimum atomic E-state index is -0.181. The maximum absolute atomic E-state index is 5.77. The summed E-state index contributed by atoms with van der Waals surface area (Å²) < 4.78 is 7.77. The van der Waals surface area contributed by atoms with Gasteiger partial charge in [0, 0.05) is 37.4 Å². The van der Waals surface area contributed by atoms with Crippen molar-refractivity contribution in [3.05, 3.63) is 65.0 Å². The molecule has 0 bridgehead atoms. The van der Waals surface area contributed by atoms with Gasteiger partial charge in [0.15, 0.2) is 5.82 Å². The average Bonchev–Trinajstić information content (AvgIpc) is 3.32. The Labute approximate surface area is 197 Å². The first kappa shape index (κ1) is 23.2. The summed E-state index contributed by atoms with van der Waals surface area (Å²) in [6.45, 7) is 14.7. The number of ether oxygens (including phenoxy) is 1. The van der Waals surface area contributed by atoms with Crippen molar-refractivity contribution in [2.75, 3.05) is 38.2 Å². The standard InChI is InChI=1S/C26H36N6O/c1-7-26(4,5)32-25(27-28-29-32)24(21-12-8-9-14-23(21)33-6)31-17-15-30(16-18-31)22-13-10-11-19(2)20(22)3/h8-14,24H,7,15-18H2,1-6H3/t24-/m0/s1. The van der Waals surface area contributed by atoms with E-state index in [2.05, 4.69) is 90.3 Å². The second-order valence-electron chi connectivity index (χ2n) is 9.50. The number of benzene rings is 2. The molecule has 176 valence electrons. The minimum absolute atomic E-state index is 0.0808. The van der Waals surface area contributed by atoms with Gasteiger partial charge in [-0.25, -0.2) is 4.68 Å². The number of hydrogen-bond acceptors (Lipinski definition) is 6. The summed E-state index contributed by atoms with van der Waals surface area (Å²) in [5.41, 5.74) is 4.95. The van der Waals surface area contributed by atoms with Crippen LogP contribution in [-0.4, -0.2) is 58.4 Å². The SMILES string of the molecule is CCC(C)(C)n1nnnc1[C@H](c1ccccc1OC)N1CCN(c2cccc(C)c2C)CC1. The number of aromatic nitrogens is 4. The molecule has 33 heavy (non-hydrogen) atoms. The van der Waals surface area contributed by atoms with E-state index >= 15 is 0 Å². The van der Waals surface area contributed by atoms with Crippen molar-refractivity contribution < 1.29 is 4.74 Å². The molecule has 7 heteroatoms. The highest BCUT2D eigenvalue weighted by atomic mass is 16.5. The van der Waals surface area contributed by atoms with Gasteiger partial charge in [0.1, 0.15) is 11.8 Å². The maximum atomic E-state index is 5.77. The lowest BCUT2D eigenvalue weighted by Gasteiger charge is -2.41. The van der Waals surface area contributed by atoms with Crippen LogP contribution in [0.15, 0.2) is 42.5 Å². The van der Waals surface area contributed by atoms with Crippen LogP contribution in [0.25, 0.3) is 0 Å². The molecule has 7 nitrogen and oxygen atoms in total. The second kappa shape index (κ2) is 9.51. The Bertz CT molecular complexity index is 1080. The molecule has 1 atom stereocenters. The molecule has 0 radical (unpaired) electrons. The fourth-order valence-corrected chi connectivity index (χ4v) is 4.64. The van der Waals surface area contributed by atoms with Gasteiger partial charge in [0.05, 0.1) is 12.6 Å². The van der Waals surface area contributed by atoms with E-state index in [1.165, 1.54) is 16.8 Å². The van der Waals surface area contributed by atoms with Gasteiger partial charge in [-0.2, -0.15) is 0 Å². The molecule has 0 unspecified atom stereocenters. The Morgan fingerprint density at radius 3 is 2.42 bits per heavy atom. The van der Waals surface area contributed by atoms with Crippen LogP contribution >= 0.6 is 0 Å². The summed E-state index contributed by atoms with van der Waals surface area (Å²) in [5, 5.41) is 13.1. The van der Waals surface area contributed by atoms with E-state index in [0.717, 1.165) is 49.7 Å². The molecule has 1 aliphatic heterocycles. The van der Waals surface area contributed by atoms with Crippen molar-refractivity contribution in [2.24, 2.45) is 0 Å². The number of para-hydroxylation sites is 1.